The zero-order chi connectivity index (χ0) is 5.98. The van der Waals surface area contributed by atoms with Crippen molar-refractivity contribution >= 4 is 0 Å². The van der Waals surface area contributed by atoms with Crippen molar-refractivity contribution in [1.82, 2.24) is 0 Å². The molecule has 0 unspecified atom stereocenters. The summed E-state index contributed by atoms with van der Waals surface area (Å²) in [6, 6.07) is 0. The van der Waals surface area contributed by atoms with E-state index in [1.807, 2.05) is 0 Å². The largest absolute Gasteiger partial charge is 0.264 e. The molecule has 0 aromatic carbocycles. The van der Waals surface area contributed by atoms with Gasteiger partial charge in [0.15, 0.2) is 0 Å². The summed E-state index contributed by atoms with van der Waals surface area (Å²) in [5.74, 6) is 0. The third-order valence-electron chi connectivity index (χ3n) is 1.07. The predicted octanol–water partition coefficient (Wildman–Crippen LogP) is 0.983. The first-order chi connectivity index (χ1) is 3.79. The van der Waals surface area contributed by atoms with Gasteiger partial charge in [-0.3, -0.25) is 10.1 Å². The van der Waals surface area contributed by atoms with Crippen molar-refractivity contribution in [2.24, 2.45) is 0 Å². The van der Waals surface area contributed by atoms with E-state index in [2.05, 4.69) is 0 Å². The topological polar surface area (TPSA) is 43.1 Å². The molecular weight excluding hydrogens is 106 g/mol. The van der Waals surface area contributed by atoms with Crippen molar-refractivity contribution in [2.45, 2.75) is 12.8 Å². The molecule has 44 valence electrons. The summed E-state index contributed by atoms with van der Waals surface area (Å²) in [4.78, 5) is 9.38. The monoisotopic (exact) mass is 113 g/mol. The highest BCUT2D eigenvalue weighted by Crippen LogP contribution is 2.26. The number of rotatable bonds is 2. The molecule has 1 aliphatic carbocycles. The van der Waals surface area contributed by atoms with Crippen LogP contribution in [0, 0.1) is 10.1 Å². The summed E-state index contributed by atoms with van der Waals surface area (Å²) in [5.41, 5.74) is 1.24. The zero-order valence-electron chi connectivity index (χ0n) is 4.46. The van der Waals surface area contributed by atoms with Gasteiger partial charge in [-0.05, 0) is 18.9 Å². The van der Waals surface area contributed by atoms with Gasteiger partial charge in [0, 0.05) is 4.92 Å². The van der Waals surface area contributed by atoms with Crippen molar-refractivity contribution in [1.29, 1.82) is 0 Å². The average molecular weight is 113 g/mol. The molecule has 0 aromatic rings. The maximum absolute atomic E-state index is 9.69. The lowest BCUT2D eigenvalue weighted by Crippen LogP contribution is -1.95. The van der Waals surface area contributed by atoms with Crippen LogP contribution in [0.15, 0.2) is 11.6 Å². The fourth-order valence-electron chi connectivity index (χ4n) is 0.480. The highest BCUT2D eigenvalue weighted by molar-refractivity contribution is 5.15. The second-order valence-corrected chi connectivity index (χ2v) is 1.88. The minimum Gasteiger partial charge on any atom is -0.264 e. The summed E-state index contributed by atoms with van der Waals surface area (Å²) in [6.07, 6.45) is 3.85. The molecule has 0 saturated heterocycles. The van der Waals surface area contributed by atoms with E-state index in [0.29, 0.717) is 0 Å². The van der Waals surface area contributed by atoms with Gasteiger partial charge >= 0.3 is 0 Å². The van der Waals surface area contributed by atoms with Crippen molar-refractivity contribution in [2.75, 3.05) is 6.54 Å². The van der Waals surface area contributed by atoms with Crippen molar-refractivity contribution in [3.8, 4) is 0 Å². The fourth-order valence-corrected chi connectivity index (χ4v) is 0.480. The maximum Gasteiger partial charge on any atom is 0.222 e. The first kappa shape index (κ1) is 5.28. The van der Waals surface area contributed by atoms with Gasteiger partial charge in [0.05, 0.1) is 0 Å². The molecule has 0 aliphatic heterocycles. The van der Waals surface area contributed by atoms with Gasteiger partial charge in [-0.2, -0.15) is 0 Å². The molecule has 0 spiro atoms. The van der Waals surface area contributed by atoms with Gasteiger partial charge < -0.3 is 0 Å². The molecule has 0 heterocycles. The van der Waals surface area contributed by atoms with Crippen LogP contribution in [0.5, 0.6) is 0 Å². The number of allylic oxidation sites excluding steroid dienone is 1. The van der Waals surface area contributed by atoms with E-state index < -0.39 is 0 Å². The Bertz CT molecular complexity index is 133. The highest BCUT2D eigenvalue weighted by atomic mass is 16.6. The smallest absolute Gasteiger partial charge is 0.222 e. The Balaban J connectivity index is 2.21. The SMILES string of the molecule is O=[N+]([O-])CC=C1CC1. The molecule has 0 amide bonds. The molecule has 0 atom stereocenters. The third-order valence-corrected chi connectivity index (χ3v) is 1.07. The van der Waals surface area contributed by atoms with Crippen LogP contribution >= 0.6 is 0 Å². The lowest BCUT2D eigenvalue weighted by molar-refractivity contribution is -0.468. The number of hydrogen-bond acceptors (Lipinski definition) is 2. The Hall–Kier alpha value is -0.860. The van der Waals surface area contributed by atoms with Crippen molar-refractivity contribution in [3.63, 3.8) is 0 Å². The number of nitrogens with zero attached hydrogens (tertiary/aromatic N) is 1. The van der Waals surface area contributed by atoms with Crippen LogP contribution in [-0.4, -0.2) is 11.5 Å². The predicted molar refractivity (Wildman–Crippen MR) is 29.2 cm³/mol. The summed E-state index contributed by atoms with van der Waals surface area (Å²) in [5, 5.41) is 9.69. The van der Waals surface area contributed by atoms with E-state index in [-0.39, 0.29) is 11.5 Å². The lowest BCUT2D eigenvalue weighted by atomic mass is 10.5. The Morgan fingerprint density at radius 1 is 1.75 bits per heavy atom. The van der Waals surface area contributed by atoms with Gasteiger partial charge in [0.1, 0.15) is 0 Å². The van der Waals surface area contributed by atoms with Crippen LogP contribution < -0.4 is 0 Å². The standard InChI is InChI=1S/C5H7NO2/c7-6(8)4-3-5-1-2-5/h3H,1-2,4H2. The van der Waals surface area contributed by atoms with Gasteiger partial charge in [-0.1, -0.05) is 5.57 Å². The van der Waals surface area contributed by atoms with Crippen LogP contribution in [0.25, 0.3) is 0 Å². The molecule has 8 heavy (non-hydrogen) atoms. The molecule has 0 N–H and O–H groups in total. The van der Waals surface area contributed by atoms with Crippen LogP contribution in [0.2, 0.25) is 0 Å². The molecular formula is C5H7NO2. The summed E-state index contributed by atoms with van der Waals surface area (Å²) < 4.78 is 0. The minimum absolute atomic E-state index is 0.00926. The Morgan fingerprint density at radius 2 is 2.38 bits per heavy atom. The first-order valence-electron chi connectivity index (χ1n) is 2.59. The first-order valence-corrected chi connectivity index (χ1v) is 2.59. The molecule has 1 rings (SSSR count). The van der Waals surface area contributed by atoms with Gasteiger partial charge in [-0.15, -0.1) is 0 Å². The molecule has 3 heteroatoms. The Kier molecular flexibility index (Phi) is 1.28. The van der Waals surface area contributed by atoms with E-state index in [9.17, 15) is 10.1 Å². The highest BCUT2D eigenvalue weighted by Gasteiger charge is 2.10. The Labute approximate surface area is 47.2 Å². The lowest BCUT2D eigenvalue weighted by Gasteiger charge is -1.78. The van der Waals surface area contributed by atoms with Gasteiger partial charge in [-0.25, -0.2) is 0 Å². The van der Waals surface area contributed by atoms with Crippen molar-refractivity contribution < 1.29 is 4.92 Å². The summed E-state index contributed by atoms with van der Waals surface area (Å²) in [7, 11) is 0. The van der Waals surface area contributed by atoms with Crippen molar-refractivity contribution in [3.05, 3.63) is 21.8 Å². The number of nitro groups is 1. The summed E-state index contributed by atoms with van der Waals surface area (Å²) >= 11 is 0. The van der Waals surface area contributed by atoms with Gasteiger partial charge in [0.25, 0.3) is 0 Å². The number of hydrogen-bond donors (Lipinski definition) is 0. The Morgan fingerprint density at radius 3 is 2.75 bits per heavy atom. The summed E-state index contributed by atoms with van der Waals surface area (Å²) in [6.45, 7) is 0.00926. The second-order valence-electron chi connectivity index (χ2n) is 1.88. The van der Waals surface area contributed by atoms with E-state index in [0.717, 1.165) is 12.8 Å². The van der Waals surface area contributed by atoms with E-state index in [1.54, 1.807) is 6.08 Å². The molecule has 0 bridgehead atoms. The van der Waals surface area contributed by atoms with Crippen LogP contribution in [0.3, 0.4) is 0 Å². The van der Waals surface area contributed by atoms with Crippen LogP contribution in [0.4, 0.5) is 0 Å². The van der Waals surface area contributed by atoms with E-state index in [4.69, 9.17) is 0 Å². The van der Waals surface area contributed by atoms with Gasteiger partial charge in [0.2, 0.25) is 6.54 Å². The molecule has 1 fully saturated rings. The molecule has 0 radical (unpaired) electrons. The molecule has 1 saturated carbocycles. The zero-order valence-corrected chi connectivity index (χ0v) is 4.46. The van der Waals surface area contributed by atoms with E-state index >= 15 is 0 Å². The van der Waals surface area contributed by atoms with Crippen LogP contribution in [-0.2, 0) is 0 Å². The third kappa shape index (κ3) is 1.73. The second kappa shape index (κ2) is 1.94. The molecule has 0 aromatic heterocycles. The minimum atomic E-state index is -0.314. The van der Waals surface area contributed by atoms with Crippen LogP contribution in [0.1, 0.15) is 12.8 Å². The fraction of sp³-hybridized carbons (Fsp3) is 0.600. The maximum atomic E-state index is 9.69. The average Bonchev–Trinajstić information content (AvgIpc) is 2.41. The normalized spacial score (nSPS) is 15.8. The molecule has 1 aliphatic rings. The quantitative estimate of drug-likeness (QED) is 0.304. The molecule has 3 nitrogen and oxygen atoms in total. The van der Waals surface area contributed by atoms with E-state index in [1.165, 1.54) is 5.57 Å².